The number of nitrogens with zero attached hydrogens (tertiary/aromatic N) is 1. The summed E-state index contributed by atoms with van der Waals surface area (Å²) in [5, 5.41) is 0. The van der Waals surface area contributed by atoms with Gasteiger partial charge in [0, 0.05) is 0 Å². The maximum atomic E-state index is 11.8. The Hall–Kier alpha value is -2.08. The average Bonchev–Trinajstić information content (AvgIpc) is 2.51. The number of carbonyl (C=O) groups excluding carboxylic acids is 2. The van der Waals surface area contributed by atoms with Crippen molar-refractivity contribution in [3.05, 3.63) is 28.8 Å². The molecule has 0 unspecified atom stereocenters. The standard InChI is InChI=1S/C14H13NO2/c1-4-5-6-15-12-10(3)7-9(2)8-11(12)13(16)14(15)17/h7-8H,6H2,1-3H3. The molecule has 2 rings (SSSR count). The number of aryl methyl sites for hydroxylation is 2. The summed E-state index contributed by atoms with van der Waals surface area (Å²) in [6.45, 7) is 5.81. The van der Waals surface area contributed by atoms with Crippen LogP contribution in [-0.2, 0) is 4.79 Å². The molecule has 3 nitrogen and oxygen atoms in total. The molecule has 0 aromatic heterocycles. The van der Waals surface area contributed by atoms with Crippen LogP contribution in [0.2, 0.25) is 0 Å². The highest BCUT2D eigenvalue weighted by Crippen LogP contribution is 2.32. The van der Waals surface area contributed by atoms with Gasteiger partial charge >= 0.3 is 0 Å². The Kier molecular flexibility index (Phi) is 2.72. The Morgan fingerprint density at radius 1 is 1.24 bits per heavy atom. The van der Waals surface area contributed by atoms with Crippen LogP contribution in [0.15, 0.2) is 12.1 Å². The molecule has 0 spiro atoms. The zero-order valence-electron chi connectivity index (χ0n) is 10.1. The molecule has 1 aliphatic heterocycles. The quantitative estimate of drug-likeness (QED) is 0.542. The van der Waals surface area contributed by atoms with Crippen molar-refractivity contribution in [2.75, 3.05) is 11.4 Å². The van der Waals surface area contributed by atoms with Crippen molar-refractivity contribution < 1.29 is 9.59 Å². The van der Waals surface area contributed by atoms with Crippen LogP contribution in [0.25, 0.3) is 0 Å². The van der Waals surface area contributed by atoms with Crippen LogP contribution in [-0.4, -0.2) is 18.2 Å². The molecule has 1 aromatic rings. The Morgan fingerprint density at radius 3 is 2.59 bits per heavy atom. The predicted molar refractivity (Wildman–Crippen MR) is 66.0 cm³/mol. The minimum Gasteiger partial charge on any atom is -0.293 e. The maximum Gasteiger partial charge on any atom is 0.300 e. The molecular weight excluding hydrogens is 214 g/mol. The molecule has 86 valence electrons. The van der Waals surface area contributed by atoms with Crippen LogP contribution >= 0.6 is 0 Å². The molecule has 1 aromatic carbocycles. The summed E-state index contributed by atoms with van der Waals surface area (Å²) < 4.78 is 0. The fraction of sp³-hybridized carbons (Fsp3) is 0.286. The number of carbonyl (C=O) groups is 2. The number of benzene rings is 1. The van der Waals surface area contributed by atoms with E-state index in [1.54, 1.807) is 13.0 Å². The summed E-state index contributed by atoms with van der Waals surface area (Å²) in [7, 11) is 0. The Morgan fingerprint density at radius 2 is 1.94 bits per heavy atom. The molecule has 1 aliphatic rings. The van der Waals surface area contributed by atoms with E-state index < -0.39 is 11.7 Å². The molecule has 0 fully saturated rings. The number of fused-ring (bicyclic) bond motifs is 1. The van der Waals surface area contributed by atoms with E-state index in [4.69, 9.17) is 0 Å². The third-order valence-electron chi connectivity index (χ3n) is 2.81. The van der Waals surface area contributed by atoms with Crippen molar-refractivity contribution in [3.8, 4) is 11.8 Å². The lowest BCUT2D eigenvalue weighted by Gasteiger charge is -2.15. The maximum absolute atomic E-state index is 11.8. The number of rotatable bonds is 1. The highest BCUT2D eigenvalue weighted by molar-refractivity contribution is 6.52. The molecule has 0 radical (unpaired) electrons. The fourth-order valence-electron chi connectivity index (χ4n) is 2.14. The first-order valence-electron chi connectivity index (χ1n) is 5.43. The summed E-state index contributed by atoms with van der Waals surface area (Å²) in [6.07, 6.45) is 0. The Bertz CT molecular complexity index is 576. The topological polar surface area (TPSA) is 37.4 Å². The molecule has 0 bridgehead atoms. The second-order valence-electron chi connectivity index (χ2n) is 4.13. The largest absolute Gasteiger partial charge is 0.300 e. The predicted octanol–water partition coefficient (Wildman–Crippen LogP) is 1.86. The summed E-state index contributed by atoms with van der Waals surface area (Å²) in [5.74, 6) is 4.66. The second kappa shape index (κ2) is 4.06. The summed E-state index contributed by atoms with van der Waals surface area (Å²) in [4.78, 5) is 25.1. The lowest BCUT2D eigenvalue weighted by molar-refractivity contribution is -0.114. The van der Waals surface area contributed by atoms with Gasteiger partial charge in [-0.05, 0) is 38.0 Å². The molecule has 1 amide bonds. The van der Waals surface area contributed by atoms with Gasteiger partial charge in [-0.15, -0.1) is 5.92 Å². The highest BCUT2D eigenvalue weighted by Gasteiger charge is 2.36. The van der Waals surface area contributed by atoms with Gasteiger partial charge in [0.1, 0.15) is 0 Å². The molecule has 0 saturated heterocycles. The van der Waals surface area contributed by atoms with Crippen molar-refractivity contribution in [2.24, 2.45) is 0 Å². The van der Waals surface area contributed by atoms with E-state index in [1.807, 2.05) is 19.9 Å². The van der Waals surface area contributed by atoms with E-state index in [0.29, 0.717) is 11.3 Å². The molecule has 17 heavy (non-hydrogen) atoms. The minimum atomic E-state index is -0.476. The van der Waals surface area contributed by atoms with Crippen LogP contribution in [0.5, 0.6) is 0 Å². The Balaban J connectivity index is 2.58. The van der Waals surface area contributed by atoms with Gasteiger partial charge in [-0.3, -0.25) is 14.5 Å². The van der Waals surface area contributed by atoms with Crippen LogP contribution in [0.4, 0.5) is 5.69 Å². The first-order valence-corrected chi connectivity index (χ1v) is 5.43. The zero-order chi connectivity index (χ0) is 12.6. The van der Waals surface area contributed by atoms with Crippen LogP contribution in [0.3, 0.4) is 0 Å². The summed E-state index contributed by atoms with van der Waals surface area (Å²) >= 11 is 0. The number of amides is 1. The van der Waals surface area contributed by atoms with Gasteiger partial charge < -0.3 is 0 Å². The number of hydrogen-bond acceptors (Lipinski definition) is 2. The molecule has 3 heteroatoms. The van der Waals surface area contributed by atoms with Crippen LogP contribution < -0.4 is 4.90 Å². The van der Waals surface area contributed by atoms with Crippen molar-refractivity contribution in [2.45, 2.75) is 20.8 Å². The molecule has 0 N–H and O–H groups in total. The lowest BCUT2D eigenvalue weighted by atomic mass is 10.0. The third-order valence-corrected chi connectivity index (χ3v) is 2.81. The fourth-order valence-corrected chi connectivity index (χ4v) is 2.14. The molecule has 0 saturated carbocycles. The van der Waals surface area contributed by atoms with Gasteiger partial charge in [0.15, 0.2) is 0 Å². The van der Waals surface area contributed by atoms with Crippen LogP contribution in [0.1, 0.15) is 28.4 Å². The lowest BCUT2D eigenvalue weighted by Crippen LogP contribution is -2.30. The molecule has 0 atom stereocenters. The second-order valence-corrected chi connectivity index (χ2v) is 4.13. The van der Waals surface area contributed by atoms with Crippen molar-refractivity contribution >= 4 is 17.4 Å². The van der Waals surface area contributed by atoms with E-state index in [0.717, 1.165) is 11.1 Å². The van der Waals surface area contributed by atoms with E-state index >= 15 is 0 Å². The Labute approximate surface area is 100 Å². The monoisotopic (exact) mass is 227 g/mol. The summed E-state index contributed by atoms with van der Waals surface area (Å²) in [5.41, 5.74) is 3.15. The third kappa shape index (κ3) is 1.72. The highest BCUT2D eigenvalue weighted by atomic mass is 16.2. The van der Waals surface area contributed by atoms with Gasteiger partial charge in [0.2, 0.25) is 0 Å². The average molecular weight is 227 g/mol. The molecule has 1 heterocycles. The van der Waals surface area contributed by atoms with Crippen LogP contribution in [0, 0.1) is 25.7 Å². The van der Waals surface area contributed by atoms with E-state index in [2.05, 4.69) is 11.8 Å². The van der Waals surface area contributed by atoms with Gasteiger partial charge in [0.25, 0.3) is 11.7 Å². The first-order chi connectivity index (χ1) is 8.06. The number of anilines is 1. The zero-order valence-corrected chi connectivity index (χ0v) is 10.1. The first kappa shape index (κ1) is 11.4. The number of hydrogen-bond donors (Lipinski definition) is 0. The smallest absolute Gasteiger partial charge is 0.293 e. The van der Waals surface area contributed by atoms with E-state index in [1.165, 1.54) is 4.90 Å². The van der Waals surface area contributed by atoms with E-state index in [9.17, 15) is 9.59 Å². The number of ketones is 1. The van der Waals surface area contributed by atoms with Gasteiger partial charge in [-0.2, -0.15) is 0 Å². The molecule has 0 aliphatic carbocycles. The van der Waals surface area contributed by atoms with Crippen molar-refractivity contribution in [1.29, 1.82) is 0 Å². The summed E-state index contributed by atoms with van der Waals surface area (Å²) in [6, 6.07) is 3.74. The number of Topliss-reactive ketones (excluding diaryl/α,β-unsaturated/α-hetero) is 1. The van der Waals surface area contributed by atoms with Gasteiger partial charge in [-0.25, -0.2) is 0 Å². The van der Waals surface area contributed by atoms with E-state index in [-0.39, 0.29) is 6.54 Å². The van der Waals surface area contributed by atoms with Gasteiger partial charge in [-0.1, -0.05) is 12.0 Å². The normalized spacial score (nSPS) is 13.5. The van der Waals surface area contributed by atoms with Gasteiger partial charge in [0.05, 0.1) is 17.8 Å². The van der Waals surface area contributed by atoms with Crippen molar-refractivity contribution in [3.63, 3.8) is 0 Å². The molecular formula is C14H13NO2. The SMILES string of the molecule is CC#CCN1C(=O)C(=O)c2cc(C)cc(C)c21. The van der Waals surface area contributed by atoms with Crippen molar-refractivity contribution in [1.82, 2.24) is 0 Å². The minimum absolute atomic E-state index is 0.276.